The van der Waals surface area contributed by atoms with Crippen molar-refractivity contribution in [3.05, 3.63) is 24.3 Å². The van der Waals surface area contributed by atoms with E-state index in [2.05, 4.69) is 28.9 Å². The Labute approximate surface area is 114 Å². The Balaban J connectivity index is 1.92. The van der Waals surface area contributed by atoms with Gasteiger partial charge in [-0.05, 0) is 17.9 Å². The Bertz CT molecular complexity index is 365. The van der Waals surface area contributed by atoms with E-state index in [-0.39, 0.29) is 0 Å². The maximum Gasteiger partial charge on any atom is 0.142 e. The van der Waals surface area contributed by atoms with E-state index in [0.717, 1.165) is 37.8 Å². The number of thioether (sulfide) groups is 1. The summed E-state index contributed by atoms with van der Waals surface area (Å²) >= 11 is 2.00. The van der Waals surface area contributed by atoms with Crippen LogP contribution in [0.5, 0.6) is 5.75 Å². The maximum atomic E-state index is 5.43. The van der Waals surface area contributed by atoms with E-state index < -0.39 is 0 Å². The quantitative estimate of drug-likeness (QED) is 0.813. The van der Waals surface area contributed by atoms with Crippen LogP contribution in [0.3, 0.4) is 0 Å². The highest BCUT2D eigenvalue weighted by molar-refractivity contribution is 7.99. The van der Waals surface area contributed by atoms with Crippen LogP contribution in [0.2, 0.25) is 0 Å². The molecule has 0 radical (unpaired) electrons. The molecule has 18 heavy (non-hydrogen) atoms. The fraction of sp³-hybridized carbons (Fsp3) is 0.571. The molecule has 1 saturated heterocycles. The highest BCUT2D eigenvalue weighted by atomic mass is 32.2. The molecule has 0 aliphatic carbocycles. The van der Waals surface area contributed by atoms with Crippen LogP contribution in [0.4, 0.5) is 5.69 Å². The van der Waals surface area contributed by atoms with Gasteiger partial charge < -0.3 is 9.64 Å². The number of para-hydroxylation sites is 2. The largest absolute Gasteiger partial charge is 0.495 e. The van der Waals surface area contributed by atoms with Crippen LogP contribution in [-0.4, -0.2) is 49.8 Å². The lowest BCUT2D eigenvalue weighted by atomic mass is 10.2. The minimum atomic E-state index is 0.980. The van der Waals surface area contributed by atoms with Gasteiger partial charge in [-0.25, -0.2) is 0 Å². The molecule has 0 saturated carbocycles. The minimum absolute atomic E-state index is 0.980. The Kier molecular flexibility index (Phi) is 5.20. The molecule has 1 aromatic rings. The Morgan fingerprint density at radius 2 is 1.89 bits per heavy atom. The Morgan fingerprint density at radius 3 is 2.56 bits per heavy atom. The summed E-state index contributed by atoms with van der Waals surface area (Å²) in [6, 6.07) is 8.29. The highest BCUT2D eigenvalue weighted by Crippen LogP contribution is 2.28. The molecular formula is C14H22N2OS. The summed E-state index contributed by atoms with van der Waals surface area (Å²) in [4.78, 5) is 4.95. The van der Waals surface area contributed by atoms with Crippen molar-refractivity contribution < 1.29 is 4.74 Å². The second-order valence-electron chi connectivity index (χ2n) is 4.40. The topological polar surface area (TPSA) is 15.7 Å². The van der Waals surface area contributed by atoms with Gasteiger partial charge in [-0.1, -0.05) is 19.1 Å². The summed E-state index contributed by atoms with van der Waals surface area (Å²) < 4.78 is 5.43. The van der Waals surface area contributed by atoms with Crippen molar-refractivity contribution in [2.45, 2.75) is 6.92 Å². The predicted molar refractivity (Wildman–Crippen MR) is 79.8 cm³/mol. The number of nitrogens with zero attached hydrogens (tertiary/aromatic N) is 2. The number of methoxy groups -OCH3 is 1. The third kappa shape index (κ3) is 3.33. The van der Waals surface area contributed by atoms with Gasteiger partial charge in [0.05, 0.1) is 12.8 Å². The smallest absolute Gasteiger partial charge is 0.142 e. The number of hydrogen-bond acceptors (Lipinski definition) is 4. The van der Waals surface area contributed by atoms with Gasteiger partial charge in [0.1, 0.15) is 5.75 Å². The summed E-state index contributed by atoms with van der Waals surface area (Å²) in [6.45, 7) is 6.68. The van der Waals surface area contributed by atoms with E-state index in [0.29, 0.717) is 0 Å². The number of ether oxygens (including phenoxy) is 1. The molecule has 0 N–H and O–H groups in total. The van der Waals surface area contributed by atoms with Crippen LogP contribution >= 0.6 is 11.8 Å². The molecule has 1 heterocycles. The average molecular weight is 266 g/mol. The zero-order chi connectivity index (χ0) is 12.8. The van der Waals surface area contributed by atoms with Gasteiger partial charge in [-0.3, -0.25) is 4.90 Å². The molecule has 0 unspecified atom stereocenters. The molecule has 3 nitrogen and oxygen atoms in total. The van der Waals surface area contributed by atoms with Crippen molar-refractivity contribution in [3.8, 4) is 5.75 Å². The monoisotopic (exact) mass is 266 g/mol. The van der Waals surface area contributed by atoms with Crippen LogP contribution < -0.4 is 9.64 Å². The maximum absolute atomic E-state index is 5.43. The van der Waals surface area contributed by atoms with Crippen molar-refractivity contribution >= 4 is 17.4 Å². The fourth-order valence-corrected chi connectivity index (χ4v) is 2.93. The number of hydrogen-bond donors (Lipinski definition) is 0. The van der Waals surface area contributed by atoms with Crippen molar-refractivity contribution in [3.63, 3.8) is 0 Å². The van der Waals surface area contributed by atoms with Crippen LogP contribution in [0.1, 0.15) is 6.92 Å². The van der Waals surface area contributed by atoms with Crippen LogP contribution in [0.25, 0.3) is 0 Å². The second kappa shape index (κ2) is 6.90. The van der Waals surface area contributed by atoms with E-state index in [1.54, 1.807) is 7.11 Å². The summed E-state index contributed by atoms with van der Waals surface area (Å²) in [5, 5.41) is 0. The summed E-state index contributed by atoms with van der Waals surface area (Å²) in [5.41, 5.74) is 1.22. The molecule has 0 atom stereocenters. The van der Waals surface area contributed by atoms with Crippen molar-refractivity contribution in [2.75, 3.05) is 49.8 Å². The van der Waals surface area contributed by atoms with E-state index in [4.69, 9.17) is 4.74 Å². The molecule has 0 bridgehead atoms. The molecule has 1 fully saturated rings. The van der Waals surface area contributed by atoms with Gasteiger partial charge in [-0.2, -0.15) is 0 Å². The number of benzene rings is 1. The summed E-state index contributed by atoms with van der Waals surface area (Å²) in [5.74, 6) is 3.34. The lowest BCUT2D eigenvalue weighted by Gasteiger charge is -2.36. The number of piperazine rings is 1. The first kappa shape index (κ1) is 13.6. The zero-order valence-electron chi connectivity index (χ0n) is 11.3. The number of rotatable bonds is 5. The van der Waals surface area contributed by atoms with Crippen molar-refractivity contribution in [1.29, 1.82) is 0 Å². The first-order chi connectivity index (χ1) is 8.85. The lowest BCUT2D eigenvalue weighted by molar-refractivity contribution is 0.299. The van der Waals surface area contributed by atoms with Gasteiger partial charge in [0.2, 0.25) is 0 Å². The third-order valence-electron chi connectivity index (χ3n) is 3.28. The van der Waals surface area contributed by atoms with Crippen LogP contribution in [-0.2, 0) is 0 Å². The molecular weight excluding hydrogens is 244 g/mol. The van der Waals surface area contributed by atoms with Gasteiger partial charge >= 0.3 is 0 Å². The zero-order valence-corrected chi connectivity index (χ0v) is 12.1. The number of anilines is 1. The molecule has 1 aliphatic rings. The first-order valence-corrected chi connectivity index (χ1v) is 7.68. The predicted octanol–water partition coefficient (Wildman–Crippen LogP) is 2.53. The summed E-state index contributed by atoms with van der Waals surface area (Å²) in [6.07, 6.45) is 0. The van der Waals surface area contributed by atoms with E-state index in [9.17, 15) is 0 Å². The molecule has 2 rings (SSSR count). The van der Waals surface area contributed by atoms with Gasteiger partial charge in [0.15, 0.2) is 0 Å². The molecule has 1 aliphatic heterocycles. The van der Waals surface area contributed by atoms with E-state index in [1.165, 1.54) is 11.4 Å². The summed E-state index contributed by atoms with van der Waals surface area (Å²) in [7, 11) is 1.74. The van der Waals surface area contributed by atoms with Gasteiger partial charge in [0.25, 0.3) is 0 Å². The van der Waals surface area contributed by atoms with Crippen LogP contribution in [0.15, 0.2) is 24.3 Å². The minimum Gasteiger partial charge on any atom is -0.495 e. The van der Waals surface area contributed by atoms with Gasteiger partial charge in [0, 0.05) is 32.1 Å². The fourth-order valence-electron chi connectivity index (χ4n) is 2.23. The van der Waals surface area contributed by atoms with Crippen LogP contribution in [0, 0.1) is 0 Å². The first-order valence-electron chi connectivity index (χ1n) is 6.53. The highest BCUT2D eigenvalue weighted by Gasteiger charge is 2.18. The molecule has 0 amide bonds. The molecule has 4 heteroatoms. The van der Waals surface area contributed by atoms with Gasteiger partial charge in [-0.15, -0.1) is 11.8 Å². The second-order valence-corrected chi connectivity index (χ2v) is 5.64. The Morgan fingerprint density at radius 1 is 1.17 bits per heavy atom. The average Bonchev–Trinajstić information content (AvgIpc) is 2.45. The molecule has 0 spiro atoms. The van der Waals surface area contributed by atoms with Crippen molar-refractivity contribution in [1.82, 2.24) is 4.90 Å². The van der Waals surface area contributed by atoms with Crippen molar-refractivity contribution in [2.24, 2.45) is 0 Å². The van der Waals surface area contributed by atoms with E-state index in [1.807, 2.05) is 23.9 Å². The molecule has 100 valence electrons. The third-order valence-corrected chi connectivity index (χ3v) is 4.23. The SMILES string of the molecule is CCSCN1CCN(c2ccccc2OC)CC1. The Hall–Kier alpha value is -0.870. The van der Waals surface area contributed by atoms with E-state index >= 15 is 0 Å². The molecule has 1 aromatic carbocycles. The lowest BCUT2D eigenvalue weighted by Crippen LogP contribution is -2.46. The molecule has 0 aromatic heterocycles. The standard InChI is InChI=1S/C14H22N2OS/c1-3-18-12-15-8-10-16(11-9-15)13-6-4-5-7-14(13)17-2/h4-7H,3,8-12H2,1-2H3. The normalized spacial score (nSPS) is 16.9.